The first kappa shape index (κ1) is 13.9. The van der Waals surface area contributed by atoms with Crippen LogP contribution < -0.4 is 5.32 Å². The first-order chi connectivity index (χ1) is 8.47. The lowest BCUT2D eigenvalue weighted by Gasteiger charge is -2.20. The van der Waals surface area contributed by atoms with Crippen LogP contribution >= 0.6 is 0 Å². The van der Waals surface area contributed by atoms with Crippen molar-refractivity contribution in [2.75, 3.05) is 5.32 Å². The minimum Gasteiger partial charge on any atom is -0.480 e. The summed E-state index contributed by atoms with van der Waals surface area (Å²) in [4.78, 5) is 19.2. The lowest BCUT2D eigenvalue weighted by atomic mass is 9.99. The average molecular weight is 248 g/mol. The van der Waals surface area contributed by atoms with Gasteiger partial charge < -0.3 is 10.4 Å². The Kier molecular flexibility index (Phi) is 4.60. The normalized spacial score (nSPS) is 13.4. The number of anilines is 1. The molecule has 0 aliphatic rings. The monoisotopic (exact) mass is 248 g/mol. The van der Waals surface area contributed by atoms with Gasteiger partial charge in [0.25, 0.3) is 0 Å². The Morgan fingerprint density at radius 2 is 2.28 bits per heavy atom. The molecule has 1 aromatic heterocycles. The second-order valence-electron chi connectivity index (χ2n) is 4.18. The highest BCUT2D eigenvalue weighted by atomic mass is 16.4. The molecule has 2 N–H and O–H groups in total. The van der Waals surface area contributed by atoms with Gasteiger partial charge in [-0.3, -0.25) is 0 Å². The van der Waals surface area contributed by atoms with E-state index in [2.05, 4.69) is 15.3 Å². The van der Waals surface area contributed by atoms with E-state index in [0.717, 1.165) is 6.42 Å². The maximum absolute atomic E-state index is 11.2. The third-order valence-electron chi connectivity index (χ3n) is 2.73. The minimum atomic E-state index is -0.951. The molecule has 1 heterocycles. The van der Waals surface area contributed by atoms with Crippen LogP contribution in [0.3, 0.4) is 0 Å². The molecule has 18 heavy (non-hydrogen) atoms. The van der Waals surface area contributed by atoms with Crippen LogP contribution in [0.4, 0.5) is 5.95 Å². The Morgan fingerprint density at radius 3 is 2.78 bits per heavy atom. The van der Waals surface area contributed by atoms with Crippen LogP contribution in [0.1, 0.15) is 31.7 Å². The van der Waals surface area contributed by atoms with E-state index in [-0.39, 0.29) is 17.6 Å². The van der Waals surface area contributed by atoms with Gasteiger partial charge in [-0.1, -0.05) is 20.3 Å². The SMILES string of the molecule is CC[C@H](C)[C@H](Nc1nc(C)cc(C#N)n1)C(=O)O. The van der Waals surface area contributed by atoms with E-state index in [1.165, 1.54) is 0 Å². The number of aryl methyl sites for hydroxylation is 1. The van der Waals surface area contributed by atoms with Crippen molar-refractivity contribution < 1.29 is 9.90 Å². The van der Waals surface area contributed by atoms with Crippen molar-refractivity contribution >= 4 is 11.9 Å². The lowest BCUT2D eigenvalue weighted by molar-refractivity contribution is -0.139. The average Bonchev–Trinajstić information content (AvgIpc) is 2.34. The summed E-state index contributed by atoms with van der Waals surface area (Å²) >= 11 is 0. The smallest absolute Gasteiger partial charge is 0.326 e. The molecule has 2 atom stereocenters. The van der Waals surface area contributed by atoms with E-state index in [9.17, 15) is 4.79 Å². The highest BCUT2D eigenvalue weighted by Crippen LogP contribution is 2.13. The zero-order valence-corrected chi connectivity index (χ0v) is 10.6. The van der Waals surface area contributed by atoms with Crippen LogP contribution in [-0.2, 0) is 4.79 Å². The first-order valence-electron chi connectivity index (χ1n) is 5.73. The highest BCUT2D eigenvalue weighted by Gasteiger charge is 2.24. The predicted octanol–water partition coefficient (Wildman–Crippen LogP) is 1.57. The number of nitrogens with zero attached hydrogens (tertiary/aromatic N) is 3. The summed E-state index contributed by atoms with van der Waals surface area (Å²) in [5.41, 5.74) is 0.843. The van der Waals surface area contributed by atoms with Crippen molar-refractivity contribution in [1.82, 2.24) is 9.97 Å². The maximum Gasteiger partial charge on any atom is 0.326 e. The molecule has 0 aliphatic carbocycles. The van der Waals surface area contributed by atoms with Crippen LogP contribution in [-0.4, -0.2) is 27.1 Å². The van der Waals surface area contributed by atoms with Crippen LogP contribution in [0, 0.1) is 24.2 Å². The lowest BCUT2D eigenvalue weighted by Crippen LogP contribution is -2.36. The third-order valence-corrected chi connectivity index (χ3v) is 2.73. The second kappa shape index (κ2) is 5.96. The van der Waals surface area contributed by atoms with Crippen molar-refractivity contribution in [2.24, 2.45) is 5.92 Å². The Bertz CT molecular complexity index is 481. The van der Waals surface area contributed by atoms with Crippen LogP contribution in [0.5, 0.6) is 0 Å². The van der Waals surface area contributed by atoms with E-state index in [1.807, 2.05) is 19.9 Å². The van der Waals surface area contributed by atoms with E-state index in [1.54, 1.807) is 13.0 Å². The van der Waals surface area contributed by atoms with Crippen molar-refractivity contribution in [1.29, 1.82) is 5.26 Å². The number of carbonyl (C=O) groups is 1. The zero-order valence-electron chi connectivity index (χ0n) is 10.6. The van der Waals surface area contributed by atoms with Crippen molar-refractivity contribution in [2.45, 2.75) is 33.2 Å². The Balaban J connectivity index is 2.97. The highest BCUT2D eigenvalue weighted by molar-refractivity contribution is 5.76. The maximum atomic E-state index is 11.2. The summed E-state index contributed by atoms with van der Waals surface area (Å²) in [6, 6.07) is 2.70. The van der Waals surface area contributed by atoms with Crippen LogP contribution in [0.15, 0.2) is 6.07 Å². The molecule has 0 spiro atoms. The standard InChI is InChI=1S/C12H16N4O2/c1-4-7(2)10(11(17)18)16-12-14-8(3)5-9(6-13)15-12/h5,7,10H,4H2,1-3H3,(H,17,18)(H,14,15,16)/t7-,10-/m0/s1. The molecule has 0 aromatic carbocycles. The number of hydrogen-bond acceptors (Lipinski definition) is 5. The quantitative estimate of drug-likeness (QED) is 0.820. The first-order valence-corrected chi connectivity index (χ1v) is 5.73. The summed E-state index contributed by atoms with van der Waals surface area (Å²) in [7, 11) is 0. The summed E-state index contributed by atoms with van der Waals surface area (Å²) in [5, 5.41) is 20.7. The zero-order chi connectivity index (χ0) is 13.7. The Hall–Kier alpha value is -2.16. The van der Waals surface area contributed by atoms with Gasteiger partial charge in [-0.2, -0.15) is 5.26 Å². The van der Waals surface area contributed by atoms with E-state index >= 15 is 0 Å². The molecule has 0 bridgehead atoms. The van der Waals surface area contributed by atoms with Gasteiger partial charge in [-0.25, -0.2) is 14.8 Å². The molecule has 0 unspecified atom stereocenters. The molecule has 0 amide bonds. The van der Waals surface area contributed by atoms with E-state index in [4.69, 9.17) is 10.4 Å². The molecular formula is C12H16N4O2. The Morgan fingerprint density at radius 1 is 1.61 bits per heavy atom. The Labute approximate surface area is 106 Å². The van der Waals surface area contributed by atoms with Gasteiger partial charge in [-0.05, 0) is 18.9 Å². The minimum absolute atomic E-state index is 0.0582. The molecule has 0 saturated heterocycles. The van der Waals surface area contributed by atoms with Gasteiger partial charge in [0, 0.05) is 5.69 Å². The number of carboxylic acid groups (broad SMARTS) is 1. The molecule has 1 rings (SSSR count). The molecule has 96 valence electrons. The number of carboxylic acids is 1. The molecule has 6 nitrogen and oxygen atoms in total. The summed E-state index contributed by atoms with van der Waals surface area (Å²) < 4.78 is 0. The largest absolute Gasteiger partial charge is 0.480 e. The van der Waals surface area contributed by atoms with Gasteiger partial charge in [0.2, 0.25) is 5.95 Å². The van der Waals surface area contributed by atoms with Crippen molar-refractivity contribution in [3.8, 4) is 6.07 Å². The predicted molar refractivity (Wildman–Crippen MR) is 66.0 cm³/mol. The fraction of sp³-hybridized carbons (Fsp3) is 0.500. The van der Waals surface area contributed by atoms with E-state index in [0.29, 0.717) is 5.69 Å². The molecular weight excluding hydrogens is 232 g/mol. The number of nitriles is 1. The second-order valence-corrected chi connectivity index (χ2v) is 4.18. The molecule has 0 fully saturated rings. The van der Waals surface area contributed by atoms with Crippen LogP contribution in [0.25, 0.3) is 0 Å². The fourth-order valence-electron chi connectivity index (χ4n) is 1.51. The van der Waals surface area contributed by atoms with Crippen molar-refractivity contribution in [3.05, 3.63) is 17.5 Å². The number of rotatable bonds is 5. The number of nitrogens with one attached hydrogen (secondary N) is 1. The molecule has 0 saturated carbocycles. The summed E-state index contributed by atoms with van der Waals surface area (Å²) in [5.74, 6) is -0.829. The van der Waals surface area contributed by atoms with Gasteiger partial charge in [0.05, 0.1) is 0 Å². The summed E-state index contributed by atoms with van der Waals surface area (Å²) in [6.07, 6.45) is 0.723. The number of aliphatic carboxylic acids is 1. The summed E-state index contributed by atoms with van der Waals surface area (Å²) in [6.45, 7) is 5.49. The molecule has 1 aromatic rings. The van der Waals surface area contributed by atoms with Gasteiger partial charge in [0.1, 0.15) is 17.8 Å². The number of hydrogen-bond donors (Lipinski definition) is 2. The third kappa shape index (κ3) is 3.42. The van der Waals surface area contributed by atoms with Crippen molar-refractivity contribution in [3.63, 3.8) is 0 Å². The fourth-order valence-corrected chi connectivity index (χ4v) is 1.51. The number of aromatic nitrogens is 2. The topological polar surface area (TPSA) is 98.9 Å². The molecule has 6 heteroatoms. The molecule has 0 aliphatic heterocycles. The molecule has 0 radical (unpaired) electrons. The van der Waals surface area contributed by atoms with Gasteiger partial charge in [0.15, 0.2) is 0 Å². The van der Waals surface area contributed by atoms with E-state index < -0.39 is 12.0 Å². The van der Waals surface area contributed by atoms with Gasteiger partial charge >= 0.3 is 5.97 Å². The van der Waals surface area contributed by atoms with Gasteiger partial charge in [-0.15, -0.1) is 0 Å². The van der Waals surface area contributed by atoms with Crippen LogP contribution in [0.2, 0.25) is 0 Å².